The first-order valence-corrected chi connectivity index (χ1v) is 7.72. The van der Waals surface area contributed by atoms with Gasteiger partial charge in [0.2, 0.25) is 11.8 Å². The number of aromatic nitrogens is 2. The zero-order chi connectivity index (χ0) is 16.1. The topological polar surface area (TPSA) is 64.5 Å². The minimum Gasteiger partial charge on any atom is -0.478 e. The normalized spacial score (nSPS) is 17.1. The third-order valence-electron chi connectivity index (χ3n) is 3.63. The van der Waals surface area contributed by atoms with Gasteiger partial charge < -0.3 is 14.4 Å². The second kappa shape index (κ2) is 7.09. The fourth-order valence-corrected chi connectivity index (χ4v) is 2.52. The molecular weight excluding hydrogens is 294 g/mol. The molecule has 120 valence electrons. The number of hydrogen-bond acceptors (Lipinski definition) is 5. The molecule has 1 atom stereocenters. The Bertz CT molecular complexity index is 646. The third-order valence-corrected chi connectivity index (χ3v) is 3.63. The summed E-state index contributed by atoms with van der Waals surface area (Å²) in [5, 5.41) is 0. The number of hydrogen-bond donors (Lipinski definition) is 0. The van der Waals surface area contributed by atoms with Gasteiger partial charge in [0.15, 0.2) is 0 Å². The lowest BCUT2D eigenvalue weighted by molar-refractivity contribution is 0.0770. The Morgan fingerprint density at radius 3 is 2.87 bits per heavy atom. The van der Waals surface area contributed by atoms with Gasteiger partial charge in [-0.25, -0.2) is 9.97 Å². The van der Waals surface area contributed by atoms with Crippen molar-refractivity contribution < 1.29 is 14.3 Å². The first-order chi connectivity index (χ1) is 11.3. The van der Waals surface area contributed by atoms with Crippen molar-refractivity contribution in [1.29, 1.82) is 0 Å². The molecule has 3 rings (SSSR count). The van der Waals surface area contributed by atoms with Crippen LogP contribution in [-0.4, -0.2) is 46.6 Å². The monoisotopic (exact) mass is 313 g/mol. The Morgan fingerprint density at radius 2 is 2.17 bits per heavy atom. The molecule has 3 heterocycles. The van der Waals surface area contributed by atoms with Crippen LogP contribution in [0.4, 0.5) is 0 Å². The van der Waals surface area contributed by atoms with Crippen LogP contribution in [0.3, 0.4) is 0 Å². The van der Waals surface area contributed by atoms with Gasteiger partial charge in [0.25, 0.3) is 5.91 Å². The third kappa shape index (κ3) is 3.77. The highest BCUT2D eigenvalue weighted by Gasteiger charge is 2.28. The minimum atomic E-state index is -0.0346. The summed E-state index contributed by atoms with van der Waals surface area (Å²) >= 11 is 0. The molecule has 1 saturated heterocycles. The summed E-state index contributed by atoms with van der Waals surface area (Å²) in [4.78, 5) is 22.6. The first kappa shape index (κ1) is 15.3. The van der Waals surface area contributed by atoms with Crippen molar-refractivity contribution in [3.05, 3.63) is 48.3 Å². The Kier molecular flexibility index (Phi) is 4.71. The standard InChI is InChI=1S/C17H19N3O3/c1-2-22-15-7-6-13(11-19-15)17(21)20-10-8-14(12-20)23-16-5-3-4-9-18-16/h3-7,9,11,14H,2,8,10,12H2,1H3. The van der Waals surface area contributed by atoms with Crippen molar-refractivity contribution in [2.75, 3.05) is 19.7 Å². The summed E-state index contributed by atoms with van der Waals surface area (Å²) in [5.41, 5.74) is 0.562. The van der Waals surface area contributed by atoms with Gasteiger partial charge in [-0.1, -0.05) is 6.07 Å². The molecule has 0 bridgehead atoms. The van der Waals surface area contributed by atoms with Gasteiger partial charge in [-0.2, -0.15) is 0 Å². The van der Waals surface area contributed by atoms with E-state index < -0.39 is 0 Å². The predicted octanol–water partition coefficient (Wildman–Crippen LogP) is 2.17. The molecule has 0 N–H and O–H groups in total. The molecule has 1 aliphatic rings. The van der Waals surface area contributed by atoms with E-state index in [1.165, 1.54) is 0 Å². The van der Waals surface area contributed by atoms with Crippen molar-refractivity contribution >= 4 is 5.91 Å². The van der Waals surface area contributed by atoms with E-state index in [2.05, 4.69) is 9.97 Å². The summed E-state index contributed by atoms with van der Waals surface area (Å²) in [7, 11) is 0. The Balaban J connectivity index is 1.58. The molecule has 6 nitrogen and oxygen atoms in total. The van der Waals surface area contributed by atoms with E-state index >= 15 is 0 Å². The van der Waals surface area contributed by atoms with Crippen molar-refractivity contribution in [3.8, 4) is 11.8 Å². The maximum Gasteiger partial charge on any atom is 0.255 e. The highest BCUT2D eigenvalue weighted by atomic mass is 16.5. The fraction of sp³-hybridized carbons (Fsp3) is 0.353. The largest absolute Gasteiger partial charge is 0.478 e. The molecule has 0 radical (unpaired) electrons. The maximum absolute atomic E-state index is 12.5. The summed E-state index contributed by atoms with van der Waals surface area (Å²) < 4.78 is 11.1. The zero-order valence-electron chi connectivity index (χ0n) is 13.0. The number of rotatable bonds is 5. The molecule has 1 unspecified atom stereocenters. The smallest absolute Gasteiger partial charge is 0.255 e. The molecule has 1 fully saturated rings. The minimum absolute atomic E-state index is 0.0236. The SMILES string of the molecule is CCOc1ccc(C(=O)N2CCC(Oc3ccccn3)C2)cn1. The van der Waals surface area contributed by atoms with Crippen molar-refractivity contribution in [1.82, 2.24) is 14.9 Å². The molecule has 6 heteroatoms. The number of likely N-dealkylation sites (tertiary alicyclic amines) is 1. The summed E-state index contributed by atoms with van der Waals surface area (Å²) in [6.07, 6.45) is 4.02. The van der Waals surface area contributed by atoms with E-state index in [9.17, 15) is 4.79 Å². The van der Waals surface area contributed by atoms with E-state index in [1.807, 2.05) is 25.1 Å². The average Bonchev–Trinajstić information content (AvgIpc) is 3.05. The summed E-state index contributed by atoms with van der Waals surface area (Å²) in [6, 6.07) is 9.00. The number of pyridine rings is 2. The van der Waals surface area contributed by atoms with Crippen LogP contribution in [-0.2, 0) is 0 Å². The highest BCUT2D eigenvalue weighted by molar-refractivity contribution is 5.94. The van der Waals surface area contributed by atoms with E-state index in [4.69, 9.17) is 9.47 Å². The Labute approximate surface area is 135 Å². The Morgan fingerprint density at radius 1 is 1.26 bits per heavy atom. The zero-order valence-corrected chi connectivity index (χ0v) is 13.0. The quantitative estimate of drug-likeness (QED) is 0.846. The van der Waals surface area contributed by atoms with Crippen molar-refractivity contribution in [2.45, 2.75) is 19.4 Å². The molecule has 2 aromatic heterocycles. The number of carbonyl (C=O) groups is 1. The van der Waals surface area contributed by atoms with Gasteiger partial charge >= 0.3 is 0 Å². The summed E-state index contributed by atoms with van der Waals surface area (Å²) in [6.45, 7) is 3.68. The molecule has 0 spiro atoms. The van der Waals surface area contributed by atoms with E-state index in [-0.39, 0.29) is 12.0 Å². The van der Waals surface area contributed by atoms with Crippen LogP contribution in [0, 0.1) is 0 Å². The summed E-state index contributed by atoms with van der Waals surface area (Å²) in [5.74, 6) is 1.09. The number of amides is 1. The van der Waals surface area contributed by atoms with Gasteiger partial charge in [-0.15, -0.1) is 0 Å². The van der Waals surface area contributed by atoms with Crippen LogP contribution >= 0.6 is 0 Å². The van der Waals surface area contributed by atoms with Gasteiger partial charge in [-0.05, 0) is 19.1 Å². The van der Waals surface area contributed by atoms with E-state index in [0.29, 0.717) is 37.0 Å². The highest BCUT2D eigenvalue weighted by Crippen LogP contribution is 2.18. The first-order valence-electron chi connectivity index (χ1n) is 7.72. The van der Waals surface area contributed by atoms with Crippen LogP contribution in [0.1, 0.15) is 23.7 Å². The number of carbonyl (C=O) groups excluding carboxylic acids is 1. The van der Waals surface area contributed by atoms with Crippen molar-refractivity contribution in [2.24, 2.45) is 0 Å². The van der Waals surface area contributed by atoms with E-state index in [1.54, 1.807) is 29.4 Å². The maximum atomic E-state index is 12.5. The van der Waals surface area contributed by atoms with Crippen LogP contribution < -0.4 is 9.47 Å². The van der Waals surface area contributed by atoms with Gasteiger partial charge in [0.05, 0.1) is 18.7 Å². The van der Waals surface area contributed by atoms with Gasteiger partial charge in [0.1, 0.15) is 6.10 Å². The fourth-order valence-electron chi connectivity index (χ4n) is 2.52. The van der Waals surface area contributed by atoms with Crippen LogP contribution in [0.15, 0.2) is 42.7 Å². The molecule has 23 heavy (non-hydrogen) atoms. The average molecular weight is 313 g/mol. The van der Waals surface area contributed by atoms with Crippen LogP contribution in [0.25, 0.3) is 0 Å². The Hall–Kier alpha value is -2.63. The van der Waals surface area contributed by atoms with Gasteiger partial charge in [-0.3, -0.25) is 4.79 Å². The molecule has 0 aromatic carbocycles. The molecule has 2 aromatic rings. The van der Waals surface area contributed by atoms with E-state index in [0.717, 1.165) is 6.42 Å². The second-order valence-corrected chi connectivity index (χ2v) is 5.27. The lowest BCUT2D eigenvalue weighted by Crippen LogP contribution is -2.31. The van der Waals surface area contributed by atoms with Crippen LogP contribution in [0.2, 0.25) is 0 Å². The number of ether oxygens (including phenoxy) is 2. The molecule has 0 aliphatic carbocycles. The molecule has 1 amide bonds. The molecule has 1 aliphatic heterocycles. The lowest BCUT2D eigenvalue weighted by atomic mass is 10.2. The van der Waals surface area contributed by atoms with Gasteiger partial charge in [0, 0.05) is 37.5 Å². The molecular formula is C17H19N3O3. The molecule has 0 saturated carbocycles. The lowest BCUT2D eigenvalue weighted by Gasteiger charge is -2.17. The van der Waals surface area contributed by atoms with Crippen LogP contribution in [0.5, 0.6) is 11.8 Å². The van der Waals surface area contributed by atoms with Crippen molar-refractivity contribution in [3.63, 3.8) is 0 Å². The predicted molar refractivity (Wildman–Crippen MR) is 84.6 cm³/mol. The number of nitrogens with zero attached hydrogens (tertiary/aromatic N) is 3. The second-order valence-electron chi connectivity index (χ2n) is 5.27.